The minimum atomic E-state index is -0.0400. The summed E-state index contributed by atoms with van der Waals surface area (Å²) in [6, 6.07) is 3.66. The standard InChI is InChI=1S/C12H14N4O2/c1-8-10(14-6-7-17-8)12-15-11(16-18-12)9-2-4-13-5-3-9/h2-5,8,10,14H,6-7H2,1H3/t8-,10+/m1/s1. The van der Waals surface area contributed by atoms with Gasteiger partial charge in [0.15, 0.2) is 0 Å². The molecule has 1 aliphatic heterocycles. The minimum Gasteiger partial charge on any atom is -0.375 e. The molecule has 94 valence electrons. The normalized spacial score (nSPS) is 24.1. The SMILES string of the molecule is C[C@H]1OCCN[C@@H]1c1nc(-c2ccncc2)no1. The molecule has 0 spiro atoms. The fraction of sp³-hybridized carbons (Fsp3) is 0.417. The summed E-state index contributed by atoms with van der Waals surface area (Å²) in [5.74, 6) is 1.14. The molecule has 18 heavy (non-hydrogen) atoms. The van der Waals surface area contributed by atoms with E-state index in [1.54, 1.807) is 12.4 Å². The predicted octanol–water partition coefficient (Wildman–Crippen LogP) is 1.18. The molecule has 0 unspecified atom stereocenters. The van der Waals surface area contributed by atoms with Gasteiger partial charge in [0.2, 0.25) is 11.7 Å². The van der Waals surface area contributed by atoms with Gasteiger partial charge in [0, 0.05) is 24.5 Å². The van der Waals surface area contributed by atoms with Crippen molar-refractivity contribution in [3.63, 3.8) is 0 Å². The predicted molar refractivity (Wildman–Crippen MR) is 63.7 cm³/mol. The molecule has 2 aromatic rings. The highest BCUT2D eigenvalue weighted by Crippen LogP contribution is 2.22. The largest absolute Gasteiger partial charge is 0.375 e. The molecular formula is C12H14N4O2. The molecule has 0 amide bonds. The van der Waals surface area contributed by atoms with E-state index < -0.39 is 0 Å². The number of hydrogen-bond acceptors (Lipinski definition) is 6. The Morgan fingerprint density at radius 2 is 2.17 bits per heavy atom. The van der Waals surface area contributed by atoms with Crippen LogP contribution in [0.3, 0.4) is 0 Å². The molecule has 1 fully saturated rings. The number of nitrogens with zero attached hydrogens (tertiary/aromatic N) is 3. The number of nitrogens with one attached hydrogen (secondary N) is 1. The quantitative estimate of drug-likeness (QED) is 0.857. The molecule has 0 radical (unpaired) electrons. The number of aromatic nitrogens is 3. The summed E-state index contributed by atoms with van der Waals surface area (Å²) >= 11 is 0. The lowest BCUT2D eigenvalue weighted by Gasteiger charge is -2.27. The number of pyridine rings is 1. The van der Waals surface area contributed by atoms with E-state index in [0.29, 0.717) is 18.3 Å². The zero-order chi connectivity index (χ0) is 12.4. The first kappa shape index (κ1) is 11.3. The Kier molecular flexibility index (Phi) is 3.04. The second-order valence-corrected chi connectivity index (χ2v) is 4.20. The smallest absolute Gasteiger partial charge is 0.246 e. The topological polar surface area (TPSA) is 73.1 Å². The Bertz CT molecular complexity index is 514. The Morgan fingerprint density at radius 3 is 2.94 bits per heavy atom. The van der Waals surface area contributed by atoms with Gasteiger partial charge in [-0.1, -0.05) is 5.16 Å². The molecule has 3 heterocycles. The molecular weight excluding hydrogens is 232 g/mol. The highest BCUT2D eigenvalue weighted by atomic mass is 16.5. The minimum absolute atomic E-state index is 0.0319. The maximum absolute atomic E-state index is 5.56. The number of ether oxygens (including phenoxy) is 1. The van der Waals surface area contributed by atoms with Gasteiger partial charge in [-0.15, -0.1) is 0 Å². The maximum Gasteiger partial charge on any atom is 0.246 e. The van der Waals surface area contributed by atoms with Crippen molar-refractivity contribution in [1.82, 2.24) is 20.4 Å². The second-order valence-electron chi connectivity index (χ2n) is 4.20. The molecule has 2 atom stereocenters. The van der Waals surface area contributed by atoms with E-state index in [1.807, 2.05) is 19.1 Å². The van der Waals surface area contributed by atoms with E-state index in [1.165, 1.54) is 0 Å². The van der Waals surface area contributed by atoms with Crippen molar-refractivity contribution in [2.24, 2.45) is 0 Å². The van der Waals surface area contributed by atoms with E-state index in [9.17, 15) is 0 Å². The van der Waals surface area contributed by atoms with Crippen LogP contribution in [0.15, 0.2) is 29.0 Å². The first-order chi connectivity index (χ1) is 8.84. The molecule has 1 N–H and O–H groups in total. The third kappa shape index (κ3) is 2.12. The van der Waals surface area contributed by atoms with Crippen molar-refractivity contribution in [2.75, 3.05) is 13.2 Å². The number of rotatable bonds is 2. The monoisotopic (exact) mass is 246 g/mol. The number of hydrogen-bond donors (Lipinski definition) is 1. The number of morpholine rings is 1. The first-order valence-corrected chi connectivity index (χ1v) is 5.93. The lowest BCUT2D eigenvalue weighted by atomic mass is 10.1. The van der Waals surface area contributed by atoms with Gasteiger partial charge < -0.3 is 14.6 Å². The first-order valence-electron chi connectivity index (χ1n) is 5.93. The fourth-order valence-electron chi connectivity index (χ4n) is 1.99. The van der Waals surface area contributed by atoms with Crippen molar-refractivity contribution in [2.45, 2.75) is 19.1 Å². The van der Waals surface area contributed by atoms with Crippen molar-refractivity contribution < 1.29 is 9.26 Å². The molecule has 3 rings (SSSR count). The van der Waals surface area contributed by atoms with E-state index in [0.717, 1.165) is 12.1 Å². The molecule has 0 bridgehead atoms. The maximum atomic E-state index is 5.56. The molecule has 6 heteroatoms. The van der Waals surface area contributed by atoms with Crippen molar-refractivity contribution in [3.8, 4) is 11.4 Å². The molecule has 0 aromatic carbocycles. The summed E-state index contributed by atoms with van der Waals surface area (Å²) in [5, 5.41) is 7.30. The molecule has 2 aromatic heterocycles. The van der Waals surface area contributed by atoms with Gasteiger partial charge in [-0.3, -0.25) is 4.98 Å². The van der Waals surface area contributed by atoms with Crippen LogP contribution in [-0.2, 0) is 4.74 Å². The molecule has 6 nitrogen and oxygen atoms in total. The summed E-state index contributed by atoms with van der Waals surface area (Å²) in [7, 11) is 0. The van der Waals surface area contributed by atoms with Crippen LogP contribution in [0.25, 0.3) is 11.4 Å². The van der Waals surface area contributed by atoms with Gasteiger partial charge in [-0.25, -0.2) is 0 Å². The van der Waals surface area contributed by atoms with Gasteiger partial charge in [-0.2, -0.15) is 4.98 Å². The molecule has 1 aliphatic rings. The Morgan fingerprint density at radius 1 is 1.33 bits per heavy atom. The van der Waals surface area contributed by atoms with Crippen LogP contribution < -0.4 is 5.32 Å². The third-order valence-corrected chi connectivity index (χ3v) is 2.96. The average molecular weight is 246 g/mol. The van der Waals surface area contributed by atoms with E-state index in [-0.39, 0.29) is 12.1 Å². The van der Waals surface area contributed by atoms with Crippen molar-refractivity contribution >= 4 is 0 Å². The highest BCUT2D eigenvalue weighted by Gasteiger charge is 2.28. The Labute approximate surface area is 104 Å². The summed E-state index contributed by atoms with van der Waals surface area (Å²) in [6.07, 6.45) is 3.44. The summed E-state index contributed by atoms with van der Waals surface area (Å²) in [5.41, 5.74) is 0.893. The fourth-order valence-corrected chi connectivity index (χ4v) is 1.99. The van der Waals surface area contributed by atoms with Crippen LogP contribution in [0.1, 0.15) is 18.9 Å². The Hall–Kier alpha value is -1.79. The van der Waals surface area contributed by atoms with Crippen LogP contribution in [0.5, 0.6) is 0 Å². The van der Waals surface area contributed by atoms with Crippen LogP contribution in [0.4, 0.5) is 0 Å². The lowest BCUT2D eigenvalue weighted by molar-refractivity contribution is -0.00136. The van der Waals surface area contributed by atoms with Crippen molar-refractivity contribution in [1.29, 1.82) is 0 Å². The van der Waals surface area contributed by atoms with Gasteiger partial charge in [0.05, 0.1) is 12.7 Å². The molecule has 0 aliphatic carbocycles. The summed E-state index contributed by atoms with van der Waals surface area (Å²) < 4.78 is 10.9. The van der Waals surface area contributed by atoms with Gasteiger partial charge in [0.1, 0.15) is 6.04 Å². The van der Waals surface area contributed by atoms with Crippen LogP contribution in [0, 0.1) is 0 Å². The van der Waals surface area contributed by atoms with Crippen molar-refractivity contribution in [3.05, 3.63) is 30.4 Å². The average Bonchev–Trinajstić information content (AvgIpc) is 2.90. The van der Waals surface area contributed by atoms with Gasteiger partial charge in [0.25, 0.3) is 0 Å². The van der Waals surface area contributed by atoms with E-state index in [4.69, 9.17) is 9.26 Å². The van der Waals surface area contributed by atoms with Crippen LogP contribution >= 0.6 is 0 Å². The second kappa shape index (κ2) is 4.83. The molecule has 1 saturated heterocycles. The Balaban J connectivity index is 1.85. The zero-order valence-corrected chi connectivity index (χ0v) is 10.0. The van der Waals surface area contributed by atoms with E-state index in [2.05, 4.69) is 20.4 Å². The summed E-state index contributed by atoms with van der Waals surface area (Å²) in [6.45, 7) is 3.50. The van der Waals surface area contributed by atoms with Crippen LogP contribution in [-0.4, -0.2) is 34.4 Å². The zero-order valence-electron chi connectivity index (χ0n) is 10.0. The van der Waals surface area contributed by atoms with Gasteiger partial charge >= 0.3 is 0 Å². The van der Waals surface area contributed by atoms with Gasteiger partial charge in [-0.05, 0) is 19.1 Å². The van der Waals surface area contributed by atoms with Crippen LogP contribution in [0.2, 0.25) is 0 Å². The van der Waals surface area contributed by atoms with E-state index >= 15 is 0 Å². The highest BCUT2D eigenvalue weighted by molar-refractivity contribution is 5.52. The third-order valence-electron chi connectivity index (χ3n) is 2.96. The lowest BCUT2D eigenvalue weighted by Crippen LogP contribution is -2.40. The summed E-state index contributed by atoms with van der Waals surface area (Å²) in [4.78, 5) is 8.37. The molecule has 0 saturated carbocycles.